The molecule has 2 atom stereocenters. The molecular weight excluding hydrogens is 244 g/mol. The minimum atomic E-state index is -0.535. The Morgan fingerprint density at radius 3 is 2.63 bits per heavy atom. The molecule has 1 fully saturated rings. The first kappa shape index (κ1) is 16.4. The first-order chi connectivity index (χ1) is 8.82. The number of rotatable bonds is 7. The summed E-state index contributed by atoms with van der Waals surface area (Å²) in [6.45, 7) is 9.63. The number of ether oxygens (including phenoxy) is 2. The quantitative estimate of drug-likeness (QED) is 0.732. The molecule has 1 rings (SSSR count). The number of hydrogen-bond acceptors (Lipinski definition) is 4. The van der Waals surface area contributed by atoms with Gasteiger partial charge in [-0.25, -0.2) is 0 Å². The minimum absolute atomic E-state index is 0.0457. The van der Waals surface area contributed by atoms with Crippen molar-refractivity contribution in [3.63, 3.8) is 0 Å². The molecule has 0 aromatic carbocycles. The van der Waals surface area contributed by atoms with E-state index < -0.39 is 5.79 Å². The van der Waals surface area contributed by atoms with E-state index in [9.17, 15) is 4.79 Å². The molecule has 1 amide bonds. The van der Waals surface area contributed by atoms with E-state index in [0.717, 1.165) is 6.42 Å². The largest absolute Gasteiger partial charge is 0.353 e. The van der Waals surface area contributed by atoms with Crippen LogP contribution in [0.15, 0.2) is 0 Å². The summed E-state index contributed by atoms with van der Waals surface area (Å²) in [5.41, 5.74) is 5.70. The van der Waals surface area contributed by atoms with E-state index in [1.165, 1.54) is 0 Å². The first-order valence-electron chi connectivity index (χ1n) is 7.11. The van der Waals surface area contributed by atoms with Gasteiger partial charge >= 0.3 is 0 Å². The molecule has 0 aromatic rings. The van der Waals surface area contributed by atoms with Crippen LogP contribution in [0.3, 0.4) is 0 Å². The fourth-order valence-electron chi connectivity index (χ4n) is 2.36. The van der Waals surface area contributed by atoms with Crippen LogP contribution in [-0.4, -0.2) is 37.5 Å². The molecule has 112 valence electrons. The van der Waals surface area contributed by atoms with E-state index in [-0.39, 0.29) is 17.9 Å². The van der Waals surface area contributed by atoms with Crippen LogP contribution < -0.4 is 11.1 Å². The smallest absolute Gasteiger partial charge is 0.220 e. The van der Waals surface area contributed by atoms with E-state index in [2.05, 4.69) is 19.2 Å². The molecule has 0 radical (unpaired) electrons. The van der Waals surface area contributed by atoms with Crippen LogP contribution in [-0.2, 0) is 14.3 Å². The third-order valence-electron chi connectivity index (χ3n) is 3.21. The third-order valence-corrected chi connectivity index (χ3v) is 3.21. The highest BCUT2D eigenvalue weighted by atomic mass is 16.7. The lowest BCUT2D eigenvalue weighted by Gasteiger charge is -2.19. The fourth-order valence-corrected chi connectivity index (χ4v) is 2.36. The van der Waals surface area contributed by atoms with E-state index in [0.29, 0.717) is 32.0 Å². The predicted molar refractivity (Wildman–Crippen MR) is 74.5 cm³/mol. The SMILES string of the molecule is CC(C)C[C@H](CN)CC(=O)NCC1COC(C)(C)O1. The Bertz CT molecular complexity index is 292. The summed E-state index contributed by atoms with van der Waals surface area (Å²) in [7, 11) is 0. The van der Waals surface area contributed by atoms with Gasteiger partial charge in [-0.3, -0.25) is 4.79 Å². The van der Waals surface area contributed by atoms with Crippen molar-refractivity contribution in [3.8, 4) is 0 Å². The van der Waals surface area contributed by atoms with Crippen molar-refractivity contribution in [2.24, 2.45) is 17.6 Å². The minimum Gasteiger partial charge on any atom is -0.353 e. The van der Waals surface area contributed by atoms with Crippen LogP contribution >= 0.6 is 0 Å². The van der Waals surface area contributed by atoms with Gasteiger partial charge in [0.2, 0.25) is 5.91 Å². The number of nitrogens with one attached hydrogen (secondary N) is 1. The number of carbonyl (C=O) groups is 1. The average molecular weight is 272 g/mol. The van der Waals surface area contributed by atoms with Gasteiger partial charge in [0.1, 0.15) is 6.10 Å². The molecule has 0 saturated carbocycles. The number of nitrogens with two attached hydrogens (primary N) is 1. The molecule has 5 nitrogen and oxygen atoms in total. The second-order valence-corrected chi connectivity index (χ2v) is 6.19. The van der Waals surface area contributed by atoms with Gasteiger partial charge in [-0.15, -0.1) is 0 Å². The topological polar surface area (TPSA) is 73.6 Å². The zero-order chi connectivity index (χ0) is 14.5. The summed E-state index contributed by atoms with van der Waals surface area (Å²) in [5.74, 6) is 0.336. The van der Waals surface area contributed by atoms with Crippen LogP contribution in [0.1, 0.15) is 40.5 Å². The Kier molecular flexibility index (Phi) is 6.23. The molecule has 0 bridgehead atoms. The average Bonchev–Trinajstić information content (AvgIpc) is 2.65. The Labute approximate surface area is 116 Å². The molecule has 19 heavy (non-hydrogen) atoms. The third kappa shape index (κ3) is 6.36. The van der Waals surface area contributed by atoms with Crippen LogP contribution in [0.4, 0.5) is 0 Å². The Hall–Kier alpha value is -0.650. The highest BCUT2D eigenvalue weighted by Gasteiger charge is 2.32. The molecule has 1 aliphatic rings. The zero-order valence-corrected chi connectivity index (χ0v) is 12.6. The van der Waals surface area contributed by atoms with Gasteiger partial charge in [-0.05, 0) is 38.6 Å². The molecule has 1 saturated heterocycles. The monoisotopic (exact) mass is 272 g/mol. The molecule has 0 aromatic heterocycles. The lowest BCUT2D eigenvalue weighted by Crippen LogP contribution is -2.36. The van der Waals surface area contributed by atoms with E-state index in [4.69, 9.17) is 15.2 Å². The fraction of sp³-hybridized carbons (Fsp3) is 0.929. The van der Waals surface area contributed by atoms with Crippen LogP contribution in [0, 0.1) is 11.8 Å². The summed E-state index contributed by atoms with van der Waals surface area (Å²) in [4.78, 5) is 11.8. The van der Waals surface area contributed by atoms with Gasteiger partial charge in [-0.1, -0.05) is 13.8 Å². The van der Waals surface area contributed by atoms with Gasteiger partial charge < -0.3 is 20.5 Å². The maximum absolute atomic E-state index is 11.8. The summed E-state index contributed by atoms with van der Waals surface area (Å²) in [6, 6.07) is 0. The Morgan fingerprint density at radius 2 is 2.16 bits per heavy atom. The lowest BCUT2D eigenvalue weighted by atomic mass is 9.94. The van der Waals surface area contributed by atoms with Gasteiger partial charge in [-0.2, -0.15) is 0 Å². The van der Waals surface area contributed by atoms with Crippen molar-refractivity contribution in [1.82, 2.24) is 5.32 Å². The van der Waals surface area contributed by atoms with Crippen molar-refractivity contribution in [1.29, 1.82) is 0 Å². The molecule has 0 aliphatic carbocycles. The second kappa shape index (κ2) is 7.22. The normalized spacial score (nSPS) is 23.6. The Morgan fingerprint density at radius 1 is 1.47 bits per heavy atom. The molecule has 3 N–H and O–H groups in total. The highest BCUT2D eigenvalue weighted by molar-refractivity contribution is 5.76. The van der Waals surface area contributed by atoms with Crippen LogP contribution in [0.25, 0.3) is 0 Å². The maximum Gasteiger partial charge on any atom is 0.220 e. The van der Waals surface area contributed by atoms with Crippen molar-refractivity contribution >= 4 is 5.91 Å². The molecular formula is C14H28N2O3. The number of amides is 1. The summed E-state index contributed by atoms with van der Waals surface area (Å²) in [5, 5.41) is 2.90. The lowest BCUT2D eigenvalue weighted by molar-refractivity contribution is -0.139. The van der Waals surface area contributed by atoms with E-state index in [1.54, 1.807) is 0 Å². The molecule has 1 aliphatic heterocycles. The molecule has 5 heteroatoms. The number of hydrogen-bond donors (Lipinski definition) is 2. The number of carbonyl (C=O) groups excluding carboxylic acids is 1. The Balaban J connectivity index is 2.24. The molecule has 1 unspecified atom stereocenters. The van der Waals surface area contributed by atoms with Gasteiger partial charge in [0.25, 0.3) is 0 Å². The standard InChI is InChI=1S/C14H28N2O3/c1-10(2)5-11(7-15)6-13(17)16-8-12-9-18-14(3,4)19-12/h10-12H,5-9,15H2,1-4H3,(H,16,17)/t11-,12?/m0/s1. The van der Waals surface area contributed by atoms with Gasteiger partial charge in [0.15, 0.2) is 5.79 Å². The molecule has 0 spiro atoms. The van der Waals surface area contributed by atoms with Crippen LogP contribution in [0.5, 0.6) is 0 Å². The summed E-state index contributed by atoms with van der Waals surface area (Å²) < 4.78 is 11.1. The van der Waals surface area contributed by atoms with Gasteiger partial charge in [0.05, 0.1) is 6.61 Å². The van der Waals surface area contributed by atoms with Crippen molar-refractivity contribution in [3.05, 3.63) is 0 Å². The molecule has 1 heterocycles. The van der Waals surface area contributed by atoms with Crippen LogP contribution in [0.2, 0.25) is 0 Å². The summed E-state index contributed by atoms with van der Waals surface area (Å²) >= 11 is 0. The maximum atomic E-state index is 11.8. The van der Waals surface area contributed by atoms with Gasteiger partial charge in [0, 0.05) is 13.0 Å². The predicted octanol–water partition coefficient (Wildman–Crippen LogP) is 1.27. The highest BCUT2D eigenvalue weighted by Crippen LogP contribution is 2.21. The summed E-state index contributed by atoms with van der Waals surface area (Å²) in [6.07, 6.45) is 1.42. The van der Waals surface area contributed by atoms with E-state index in [1.807, 2.05) is 13.8 Å². The van der Waals surface area contributed by atoms with Crippen molar-refractivity contribution in [2.75, 3.05) is 19.7 Å². The second-order valence-electron chi connectivity index (χ2n) is 6.19. The zero-order valence-electron chi connectivity index (χ0n) is 12.6. The first-order valence-corrected chi connectivity index (χ1v) is 7.11. The van der Waals surface area contributed by atoms with Crippen molar-refractivity contribution < 1.29 is 14.3 Å². The van der Waals surface area contributed by atoms with Crippen molar-refractivity contribution in [2.45, 2.75) is 52.4 Å². The van der Waals surface area contributed by atoms with E-state index >= 15 is 0 Å².